The van der Waals surface area contributed by atoms with Crippen LogP contribution in [0.25, 0.3) is 11.0 Å². The van der Waals surface area contributed by atoms with Gasteiger partial charge in [0.05, 0.1) is 17.1 Å². The van der Waals surface area contributed by atoms with Crippen molar-refractivity contribution in [3.05, 3.63) is 23.5 Å². The van der Waals surface area contributed by atoms with Crippen molar-refractivity contribution >= 4 is 16.9 Å². The summed E-state index contributed by atoms with van der Waals surface area (Å²) in [5.74, 6) is -0.137. The first-order valence-electron chi connectivity index (χ1n) is 6.79. The highest BCUT2D eigenvalue weighted by Crippen LogP contribution is 2.20. The van der Waals surface area contributed by atoms with Crippen LogP contribution in [0, 0.1) is 6.92 Å². The van der Waals surface area contributed by atoms with Crippen LogP contribution in [0.1, 0.15) is 42.9 Å². The van der Waals surface area contributed by atoms with E-state index in [2.05, 4.69) is 15.4 Å². The summed E-state index contributed by atoms with van der Waals surface area (Å²) in [6.07, 6.45) is 1.70. The molecule has 0 bridgehead atoms. The minimum Gasteiger partial charge on any atom is -0.348 e. The van der Waals surface area contributed by atoms with Crippen molar-refractivity contribution in [3.63, 3.8) is 0 Å². The Morgan fingerprint density at radius 3 is 2.75 bits per heavy atom. The molecule has 20 heavy (non-hydrogen) atoms. The Morgan fingerprint density at radius 1 is 1.45 bits per heavy atom. The number of nitrogens with one attached hydrogen (secondary N) is 1. The first kappa shape index (κ1) is 14.5. The highest BCUT2D eigenvalue weighted by atomic mass is 16.1. The second kappa shape index (κ2) is 5.58. The van der Waals surface area contributed by atoms with Crippen LogP contribution < -0.4 is 11.1 Å². The van der Waals surface area contributed by atoms with Crippen molar-refractivity contribution in [1.82, 2.24) is 20.1 Å². The van der Waals surface area contributed by atoms with Crippen LogP contribution in [0.5, 0.6) is 0 Å². The molecular formula is C14H21N5O. The molecule has 1 atom stereocenters. The van der Waals surface area contributed by atoms with E-state index in [4.69, 9.17) is 5.73 Å². The van der Waals surface area contributed by atoms with Crippen LogP contribution >= 0.6 is 0 Å². The summed E-state index contributed by atoms with van der Waals surface area (Å²) in [5, 5.41) is 7.97. The zero-order chi connectivity index (χ0) is 14.9. The smallest absolute Gasteiger partial charge is 0.252 e. The molecule has 3 N–H and O–H groups in total. The van der Waals surface area contributed by atoms with Crippen molar-refractivity contribution in [3.8, 4) is 0 Å². The van der Waals surface area contributed by atoms with Gasteiger partial charge in [-0.1, -0.05) is 0 Å². The summed E-state index contributed by atoms with van der Waals surface area (Å²) in [7, 11) is 0. The minimum atomic E-state index is -0.137. The number of rotatable bonds is 4. The Bertz CT molecular complexity index is 632. The van der Waals surface area contributed by atoms with Crippen LogP contribution in [-0.4, -0.2) is 33.3 Å². The molecule has 0 saturated heterocycles. The molecule has 1 amide bonds. The van der Waals surface area contributed by atoms with Crippen LogP contribution in [0.3, 0.4) is 0 Å². The number of aryl methyl sites for hydroxylation is 1. The highest BCUT2D eigenvalue weighted by molar-refractivity contribution is 6.05. The van der Waals surface area contributed by atoms with E-state index in [1.165, 1.54) is 0 Å². The molecule has 0 aliphatic rings. The predicted molar refractivity (Wildman–Crippen MR) is 78.6 cm³/mol. The Labute approximate surface area is 118 Å². The number of hydrogen-bond acceptors (Lipinski definition) is 4. The molecule has 2 heterocycles. The van der Waals surface area contributed by atoms with Crippen LogP contribution in [0.15, 0.2) is 12.3 Å². The maximum Gasteiger partial charge on any atom is 0.252 e. The first-order chi connectivity index (χ1) is 9.43. The van der Waals surface area contributed by atoms with Gasteiger partial charge in [-0.25, -0.2) is 9.67 Å². The SMILES string of the molecule is Cc1cc(C(=O)N[C@@H](C)CN)c2cnn(C(C)C)c2n1. The van der Waals surface area contributed by atoms with Gasteiger partial charge in [-0.05, 0) is 33.8 Å². The number of nitrogens with zero attached hydrogens (tertiary/aromatic N) is 3. The van der Waals surface area contributed by atoms with Crippen molar-refractivity contribution in [1.29, 1.82) is 0 Å². The third-order valence-electron chi connectivity index (χ3n) is 3.16. The Morgan fingerprint density at radius 2 is 2.15 bits per heavy atom. The molecule has 0 unspecified atom stereocenters. The van der Waals surface area contributed by atoms with Gasteiger partial charge < -0.3 is 11.1 Å². The monoisotopic (exact) mass is 275 g/mol. The summed E-state index contributed by atoms with van der Waals surface area (Å²) in [4.78, 5) is 16.8. The number of pyridine rings is 1. The molecule has 6 nitrogen and oxygen atoms in total. The van der Waals surface area contributed by atoms with Gasteiger partial charge in [-0.3, -0.25) is 4.79 Å². The maximum atomic E-state index is 12.3. The second-order valence-corrected chi connectivity index (χ2v) is 5.34. The van der Waals surface area contributed by atoms with E-state index in [1.54, 1.807) is 12.3 Å². The third kappa shape index (κ3) is 2.65. The van der Waals surface area contributed by atoms with Gasteiger partial charge in [0.2, 0.25) is 0 Å². The lowest BCUT2D eigenvalue weighted by Crippen LogP contribution is -2.37. The minimum absolute atomic E-state index is 0.0637. The molecule has 0 aliphatic heterocycles. The van der Waals surface area contributed by atoms with Gasteiger partial charge in [-0.2, -0.15) is 5.10 Å². The molecule has 0 aromatic carbocycles. The molecular weight excluding hydrogens is 254 g/mol. The largest absolute Gasteiger partial charge is 0.348 e. The average Bonchev–Trinajstić information content (AvgIpc) is 2.80. The zero-order valence-electron chi connectivity index (χ0n) is 12.3. The topological polar surface area (TPSA) is 85.8 Å². The maximum absolute atomic E-state index is 12.3. The summed E-state index contributed by atoms with van der Waals surface area (Å²) in [6, 6.07) is 1.92. The molecule has 2 rings (SSSR count). The number of nitrogens with two attached hydrogens (primary N) is 1. The first-order valence-corrected chi connectivity index (χ1v) is 6.79. The number of fused-ring (bicyclic) bond motifs is 1. The number of hydrogen-bond donors (Lipinski definition) is 2. The van der Waals surface area contributed by atoms with Crippen LogP contribution in [-0.2, 0) is 0 Å². The van der Waals surface area contributed by atoms with E-state index >= 15 is 0 Å². The highest BCUT2D eigenvalue weighted by Gasteiger charge is 2.17. The fraction of sp³-hybridized carbons (Fsp3) is 0.500. The number of aromatic nitrogens is 3. The van der Waals surface area contributed by atoms with E-state index in [9.17, 15) is 4.79 Å². The van der Waals surface area contributed by atoms with E-state index in [1.807, 2.05) is 32.4 Å². The molecule has 2 aromatic rings. The van der Waals surface area contributed by atoms with Crippen molar-refractivity contribution in [2.75, 3.05) is 6.54 Å². The van der Waals surface area contributed by atoms with Crippen LogP contribution in [0.2, 0.25) is 0 Å². The molecule has 0 radical (unpaired) electrons. The lowest BCUT2D eigenvalue weighted by atomic mass is 10.1. The summed E-state index contributed by atoms with van der Waals surface area (Å²) in [5.41, 5.74) is 7.68. The molecule has 0 saturated carbocycles. The molecule has 108 valence electrons. The summed E-state index contributed by atoms with van der Waals surface area (Å²) >= 11 is 0. The van der Waals surface area contributed by atoms with E-state index in [0.717, 1.165) is 16.7 Å². The molecule has 6 heteroatoms. The predicted octanol–water partition coefficient (Wildman–Crippen LogP) is 1.40. The van der Waals surface area contributed by atoms with Gasteiger partial charge in [0.15, 0.2) is 5.65 Å². The normalized spacial score (nSPS) is 12.9. The number of carbonyl (C=O) groups is 1. The molecule has 2 aromatic heterocycles. The fourth-order valence-corrected chi connectivity index (χ4v) is 2.07. The van der Waals surface area contributed by atoms with Crippen molar-refractivity contribution in [2.45, 2.75) is 39.8 Å². The van der Waals surface area contributed by atoms with Crippen LogP contribution in [0.4, 0.5) is 0 Å². The zero-order valence-corrected chi connectivity index (χ0v) is 12.3. The van der Waals surface area contributed by atoms with Crippen molar-refractivity contribution < 1.29 is 4.79 Å². The van der Waals surface area contributed by atoms with Crippen molar-refractivity contribution in [2.24, 2.45) is 5.73 Å². The van der Waals surface area contributed by atoms with E-state index in [0.29, 0.717) is 12.1 Å². The second-order valence-electron chi connectivity index (χ2n) is 5.34. The Kier molecular flexibility index (Phi) is 4.04. The standard InChI is InChI=1S/C14H21N5O/c1-8(2)19-13-12(7-16-19)11(5-9(3)17-13)14(20)18-10(4)6-15/h5,7-8,10H,6,15H2,1-4H3,(H,18,20)/t10-/m0/s1. The summed E-state index contributed by atoms with van der Waals surface area (Å²) in [6.45, 7) is 8.23. The molecule has 0 aliphatic carbocycles. The van der Waals surface area contributed by atoms with Gasteiger partial charge in [0.1, 0.15) is 0 Å². The van der Waals surface area contributed by atoms with E-state index in [-0.39, 0.29) is 18.0 Å². The van der Waals surface area contributed by atoms with Gasteiger partial charge >= 0.3 is 0 Å². The Hall–Kier alpha value is -1.95. The van der Waals surface area contributed by atoms with E-state index < -0.39 is 0 Å². The summed E-state index contributed by atoms with van der Waals surface area (Å²) < 4.78 is 1.82. The third-order valence-corrected chi connectivity index (χ3v) is 3.16. The lowest BCUT2D eigenvalue weighted by Gasteiger charge is -2.12. The molecule has 0 spiro atoms. The quantitative estimate of drug-likeness (QED) is 0.883. The van der Waals surface area contributed by atoms with Gasteiger partial charge in [0, 0.05) is 24.3 Å². The van der Waals surface area contributed by atoms with Gasteiger partial charge in [-0.15, -0.1) is 0 Å². The Balaban J connectivity index is 2.51. The van der Waals surface area contributed by atoms with Gasteiger partial charge in [0.25, 0.3) is 5.91 Å². The number of carbonyl (C=O) groups excluding carboxylic acids is 1. The number of amides is 1. The fourth-order valence-electron chi connectivity index (χ4n) is 2.07. The average molecular weight is 275 g/mol. The molecule has 0 fully saturated rings. The lowest BCUT2D eigenvalue weighted by molar-refractivity contribution is 0.0943.